The molecule has 3 heterocycles. The van der Waals surface area contributed by atoms with Crippen LogP contribution in [0.1, 0.15) is 41.5 Å². The molecule has 1 N–H and O–H groups in total. The standard InChI is InChI=1S/C25H32N4O4/c1-16(21-14-29(15-25(5,6)32-21)23(30)33-24(2,3)4)31-20-12-18(17-7-8-26-13-17)11-19-22(20)28-10-9-27-19/h7-13,16,21,26H,14-15H2,1-6H3/t16-,21+/m1/s1. The van der Waals surface area contributed by atoms with Gasteiger partial charge in [-0.15, -0.1) is 0 Å². The molecule has 1 aliphatic rings. The van der Waals surface area contributed by atoms with E-state index < -0.39 is 11.2 Å². The summed E-state index contributed by atoms with van der Waals surface area (Å²) in [6.07, 6.45) is 6.09. The van der Waals surface area contributed by atoms with E-state index in [0.717, 1.165) is 16.6 Å². The number of hydrogen-bond acceptors (Lipinski definition) is 6. The summed E-state index contributed by atoms with van der Waals surface area (Å²) < 4.78 is 18.3. The molecule has 4 rings (SSSR count). The third-order valence-corrected chi connectivity index (χ3v) is 5.40. The van der Waals surface area contributed by atoms with E-state index in [9.17, 15) is 4.79 Å². The van der Waals surface area contributed by atoms with Gasteiger partial charge in [0.05, 0.1) is 24.2 Å². The number of morpholine rings is 1. The molecule has 0 saturated carbocycles. The highest BCUT2D eigenvalue weighted by atomic mass is 16.6. The Labute approximate surface area is 194 Å². The molecule has 1 saturated heterocycles. The van der Waals surface area contributed by atoms with Crippen LogP contribution in [0.5, 0.6) is 5.75 Å². The molecule has 3 aromatic rings. The first-order valence-corrected chi connectivity index (χ1v) is 11.2. The number of aromatic nitrogens is 3. The Hall–Kier alpha value is -3.13. The van der Waals surface area contributed by atoms with Crippen LogP contribution in [-0.4, -0.2) is 62.4 Å². The Morgan fingerprint density at radius 1 is 1.24 bits per heavy atom. The zero-order valence-electron chi connectivity index (χ0n) is 20.1. The molecule has 0 unspecified atom stereocenters. The molecule has 1 fully saturated rings. The van der Waals surface area contributed by atoms with Gasteiger partial charge in [0.1, 0.15) is 29.1 Å². The lowest BCUT2D eigenvalue weighted by atomic mass is 10.0. The van der Waals surface area contributed by atoms with Gasteiger partial charge in [0.25, 0.3) is 0 Å². The van der Waals surface area contributed by atoms with Crippen molar-refractivity contribution in [1.82, 2.24) is 19.9 Å². The van der Waals surface area contributed by atoms with Gasteiger partial charge in [0.15, 0.2) is 0 Å². The molecule has 8 nitrogen and oxygen atoms in total. The summed E-state index contributed by atoms with van der Waals surface area (Å²) in [6, 6.07) is 5.96. The maximum absolute atomic E-state index is 12.8. The van der Waals surface area contributed by atoms with E-state index in [1.165, 1.54) is 0 Å². The van der Waals surface area contributed by atoms with Crippen molar-refractivity contribution in [3.05, 3.63) is 43.0 Å². The quantitative estimate of drug-likeness (QED) is 0.611. The fraction of sp³-hybridized carbons (Fsp3) is 0.480. The Kier molecular flexibility index (Phi) is 6.05. The van der Waals surface area contributed by atoms with Crippen molar-refractivity contribution in [3.8, 4) is 16.9 Å². The van der Waals surface area contributed by atoms with Gasteiger partial charge >= 0.3 is 6.09 Å². The minimum Gasteiger partial charge on any atom is -0.486 e. The van der Waals surface area contributed by atoms with Crippen molar-refractivity contribution < 1.29 is 19.0 Å². The highest BCUT2D eigenvalue weighted by Crippen LogP contribution is 2.33. The second-order valence-corrected chi connectivity index (χ2v) is 10.1. The zero-order chi connectivity index (χ0) is 23.8. The third kappa shape index (κ3) is 5.45. The summed E-state index contributed by atoms with van der Waals surface area (Å²) in [5.41, 5.74) is 2.35. The summed E-state index contributed by atoms with van der Waals surface area (Å²) in [5, 5.41) is 0. The molecule has 33 heavy (non-hydrogen) atoms. The number of ether oxygens (including phenoxy) is 3. The lowest BCUT2D eigenvalue weighted by molar-refractivity contribution is -0.159. The number of nitrogens with zero attached hydrogens (tertiary/aromatic N) is 3. The molecule has 2 atom stereocenters. The monoisotopic (exact) mass is 452 g/mol. The molecular weight excluding hydrogens is 420 g/mol. The number of hydrogen-bond donors (Lipinski definition) is 1. The van der Waals surface area contributed by atoms with Gasteiger partial charge in [-0.2, -0.15) is 0 Å². The van der Waals surface area contributed by atoms with Gasteiger partial charge in [-0.05, 0) is 70.9 Å². The minimum absolute atomic E-state index is 0.344. The van der Waals surface area contributed by atoms with Crippen LogP contribution < -0.4 is 4.74 Å². The van der Waals surface area contributed by atoms with Crippen molar-refractivity contribution in [2.45, 2.75) is 65.0 Å². The number of fused-ring (bicyclic) bond motifs is 1. The second-order valence-electron chi connectivity index (χ2n) is 10.1. The first-order valence-electron chi connectivity index (χ1n) is 11.2. The summed E-state index contributed by atoms with van der Waals surface area (Å²) >= 11 is 0. The van der Waals surface area contributed by atoms with Crippen LogP contribution >= 0.6 is 0 Å². The van der Waals surface area contributed by atoms with Crippen LogP contribution in [-0.2, 0) is 9.47 Å². The number of carbonyl (C=O) groups is 1. The maximum atomic E-state index is 12.8. The van der Waals surface area contributed by atoms with Crippen molar-refractivity contribution >= 4 is 17.1 Å². The van der Waals surface area contributed by atoms with Gasteiger partial charge in [-0.25, -0.2) is 9.78 Å². The summed E-state index contributed by atoms with van der Waals surface area (Å²) in [5.74, 6) is 0.625. The van der Waals surface area contributed by atoms with Crippen LogP contribution in [0.2, 0.25) is 0 Å². The number of aromatic amines is 1. The van der Waals surface area contributed by atoms with E-state index in [-0.39, 0.29) is 18.3 Å². The predicted octanol–water partition coefficient (Wildman–Crippen LogP) is 4.81. The molecule has 0 radical (unpaired) electrons. The molecule has 2 aromatic heterocycles. The molecule has 0 spiro atoms. The highest BCUT2D eigenvalue weighted by molar-refractivity contribution is 5.86. The highest BCUT2D eigenvalue weighted by Gasteiger charge is 2.40. The Bertz CT molecular complexity index is 1120. The Morgan fingerprint density at radius 3 is 2.70 bits per heavy atom. The van der Waals surface area contributed by atoms with Gasteiger partial charge in [-0.1, -0.05) is 0 Å². The first kappa shape index (κ1) is 23.0. The predicted molar refractivity (Wildman–Crippen MR) is 126 cm³/mol. The summed E-state index contributed by atoms with van der Waals surface area (Å²) in [7, 11) is 0. The largest absolute Gasteiger partial charge is 0.486 e. The number of rotatable bonds is 4. The van der Waals surface area contributed by atoms with E-state index in [2.05, 4.69) is 15.0 Å². The Morgan fingerprint density at radius 2 is 2.00 bits per heavy atom. The summed E-state index contributed by atoms with van der Waals surface area (Å²) in [6.45, 7) is 12.3. The fourth-order valence-corrected chi connectivity index (χ4v) is 4.01. The average Bonchev–Trinajstić information content (AvgIpc) is 3.26. The normalized spacial score (nSPS) is 19.3. The van der Waals surface area contributed by atoms with Crippen molar-refractivity contribution in [1.29, 1.82) is 0 Å². The molecule has 176 valence electrons. The molecule has 0 bridgehead atoms. The zero-order valence-corrected chi connectivity index (χ0v) is 20.1. The number of benzene rings is 1. The summed E-state index contributed by atoms with van der Waals surface area (Å²) in [4.78, 5) is 26.5. The van der Waals surface area contributed by atoms with Crippen LogP contribution in [0.15, 0.2) is 43.0 Å². The molecular formula is C25H32N4O4. The number of carbonyl (C=O) groups excluding carboxylic acids is 1. The van der Waals surface area contributed by atoms with Gasteiger partial charge in [0, 0.05) is 24.8 Å². The van der Waals surface area contributed by atoms with Crippen LogP contribution in [0.25, 0.3) is 22.2 Å². The topological polar surface area (TPSA) is 89.6 Å². The van der Waals surface area contributed by atoms with E-state index >= 15 is 0 Å². The number of amides is 1. The first-order chi connectivity index (χ1) is 15.5. The minimum atomic E-state index is -0.562. The molecule has 1 amide bonds. The van der Waals surface area contributed by atoms with Gasteiger partial charge < -0.3 is 24.1 Å². The lowest BCUT2D eigenvalue weighted by Crippen LogP contribution is -2.58. The van der Waals surface area contributed by atoms with E-state index in [0.29, 0.717) is 24.4 Å². The van der Waals surface area contributed by atoms with Crippen LogP contribution in [0, 0.1) is 0 Å². The number of nitrogens with one attached hydrogen (secondary N) is 1. The number of H-pyrrole nitrogens is 1. The second kappa shape index (κ2) is 8.67. The SMILES string of the molecule is C[C@@H](Oc1cc(-c2cc[nH]c2)cc2nccnc12)[C@@H]1CN(C(=O)OC(C)(C)C)CC(C)(C)O1. The average molecular weight is 453 g/mol. The lowest BCUT2D eigenvalue weighted by Gasteiger charge is -2.44. The smallest absolute Gasteiger partial charge is 0.410 e. The van der Waals surface area contributed by atoms with E-state index in [1.807, 2.05) is 72.1 Å². The molecule has 1 aliphatic heterocycles. The maximum Gasteiger partial charge on any atom is 0.410 e. The van der Waals surface area contributed by atoms with E-state index in [4.69, 9.17) is 14.2 Å². The van der Waals surface area contributed by atoms with Gasteiger partial charge in [0.2, 0.25) is 0 Å². The van der Waals surface area contributed by atoms with Crippen molar-refractivity contribution in [2.75, 3.05) is 13.1 Å². The van der Waals surface area contributed by atoms with Gasteiger partial charge in [-0.3, -0.25) is 4.98 Å². The Balaban J connectivity index is 1.59. The third-order valence-electron chi connectivity index (χ3n) is 5.40. The van der Waals surface area contributed by atoms with Crippen molar-refractivity contribution in [2.24, 2.45) is 0 Å². The molecule has 1 aromatic carbocycles. The van der Waals surface area contributed by atoms with Crippen LogP contribution in [0.4, 0.5) is 4.79 Å². The fourth-order valence-electron chi connectivity index (χ4n) is 4.01. The van der Waals surface area contributed by atoms with E-state index in [1.54, 1.807) is 17.3 Å². The van der Waals surface area contributed by atoms with Crippen LogP contribution in [0.3, 0.4) is 0 Å². The van der Waals surface area contributed by atoms with Crippen molar-refractivity contribution in [3.63, 3.8) is 0 Å². The molecule has 0 aliphatic carbocycles. The molecule has 8 heteroatoms.